The predicted molar refractivity (Wildman–Crippen MR) is 103 cm³/mol. The number of amides is 1. The maximum Gasteiger partial charge on any atom is 0.404 e. The lowest BCUT2D eigenvalue weighted by Gasteiger charge is -2.09. The minimum atomic E-state index is -1.08. The van der Waals surface area contributed by atoms with Crippen LogP contribution in [0.1, 0.15) is 0 Å². The molecule has 0 saturated heterocycles. The number of rotatable bonds is 13. The standard InChI is InChI=1S/C19H22N2O8/c22-19(23)20-9-10-26-11-12-27-13-14-28-16-5-7-18(8-6-16)29-17-3-1-15(2-4-17)21(24)25/h1-8,20H,9-14H2,(H,22,23). The Morgan fingerprint density at radius 1 is 0.862 bits per heavy atom. The zero-order valence-corrected chi connectivity index (χ0v) is 15.6. The molecule has 0 aliphatic heterocycles. The number of benzene rings is 2. The van der Waals surface area contributed by atoms with E-state index in [-0.39, 0.29) is 12.2 Å². The fourth-order valence-corrected chi connectivity index (χ4v) is 2.15. The molecule has 0 radical (unpaired) electrons. The van der Waals surface area contributed by atoms with Crippen LogP contribution >= 0.6 is 0 Å². The number of non-ortho nitro benzene ring substituents is 1. The van der Waals surface area contributed by atoms with Crippen LogP contribution in [0.25, 0.3) is 0 Å². The molecule has 0 unspecified atom stereocenters. The van der Waals surface area contributed by atoms with Gasteiger partial charge in [-0.1, -0.05) is 0 Å². The van der Waals surface area contributed by atoms with Crippen LogP contribution in [-0.4, -0.2) is 55.7 Å². The fourth-order valence-electron chi connectivity index (χ4n) is 2.15. The summed E-state index contributed by atoms with van der Waals surface area (Å²) in [6, 6.07) is 12.8. The largest absolute Gasteiger partial charge is 0.491 e. The van der Waals surface area contributed by atoms with E-state index in [1.807, 2.05) is 0 Å². The summed E-state index contributed by atoms with van der Waals surface area (Å²) in [6.45, 7) is 2.04. The van der Waals surface area contributed by atoms with E-state index in [2.05, 4.69) is 5.32 Å². The van der Waals surface area contributed by atoms with Crippen molar-refractivity contribution in [3.63, 3.8) is 0 Å². The molecular weight excluding hydrogens is 384 g/mol. The van der Waals surface area contributed by atoms with E-state index in [1.54, 1.807) is 24.3 Å². The predicted octanol–water partition coefficient (Wildman–Crippen LogP) is 3.07. The molecule has 0 heterocycles. The lowest BCUT2D eigenvalue weighted by molar-refractivity contribution is -0.384. The van der Waals surface area contributed by atoms with Gasteiger partial charge < -0.3 is 29.4 Å². The van der Waals surface area contributed by atoms with E-state index in [0.717, 1.165) is 0 Å². The molecular formula is C19H22N2O8. The second-order valence-electron chi connectivity index (χ2n) is 5.63. The molecule has 0 aliphatic carbocycles. The third kappa shape index (κ3) is 8.91. The quantitative estimate of drug-likeness (QED) is 0.295. The fraction of sp³-hybridized carbons (Fsp3) is 0.316. The summed E-state index contributed by atoms with van der Waals surface area (Å²) in [5, 5.41) is 21.2. The van der Waals surface area contributed by atoms with Gasteiger partial charge in [0, 0.05) is 18.7 Å². The van der Waals surface area contributed by atoms with Gasteiger partial charge in [0.15, 0.2) is 0 Å². The molecule has 2 aromatic carbocycles. The summed E-state index contributed by atoms with van der Waals surface area (Å²) in [5.74, 6) is 1.73. The average Bonchev–Trinajstić information content (AvgIpc) is 2.71. The number of carboxylic acid groups (broad SMARTS) is 1. The highest BCUT2D eigenvalue weighted by Crippen LogP contribution is 2.25. The SMILES string of the molecule is O=C(O)NCCOCCOCCOc1ccc(Oc2ccc([N+](=O)[O-])cc2)cc1. The first kappa shape index (κ1) is 21.9. The first-order valence-corrected chi connectivity index (χ1v) is 8.82. The lowest BCUT2D eigenvalue weighted by atomic mass is 10.3. The molecule has 0 bridgehead atoms. The number of nitrogens with one attached hydrogen (secondary N) is 1. The zero-order chi connectivity index (χ0) is 20.9. The molecule has 0 aromatic heterocycles. The van der Waals surface area contributed by atoms with Gasteiger partial charge in [0.25, 0.3) is 5.69 Å². The summed E-state index contributed by atoms with van der Waals surface area (Å²) in [7, 11) is 0. The highest BCUT2D eigenvalue weighted by molar-refractivity contribution is 5.64. The third-order valence-corrected chi connectivity index (χ3v) is 3.50. The monoisotopic (exact) mass is 406 g/mol. The van der Waals surface area contributed by atoms with Gasteiger partial charge in [0.2, 0.25) is 0 Å². The van der Waals surface area contributed by atoms with E-state index in [4.69, 9.17) is 24.1 Å². The first-order valence-electron chi connectivity index (χ1n) is 8.82. The topological polar surface area (TPSA) is 129 Å². The van der Waals surface area contributed by atoms with Crippen LogP contribution in [0.3, 0.4) is 0 Å². The Labute approximate surface area is 167 Å². The zero-order valence-electron chi connectivity index (χ0n) is 15.6. The second kappa shape index (κ2) is 12.2. The van der Waals surface area contributed by atoms with Crippen molar-refractivity contribution in [1.29, 1.82) is 0 Å². The summed E-state index contributed by atoms with van der Waals surface area (Å²) in [5.41, 5.74) is 0.00470. The van der Waals surface area contributed by atoms with E-state index < -0.39 is 11.0 Å². The second-order valence-corrected chi connectivity index (χ2v) is 5.63. The molecule has 0 saturated carbocycles. The van der Waals surface area contributed by atoms with Crippen LogP contribution in [0.15, 0.2) is 48.5 Å². The number of ether oxygens (including phenoxy) is 4. The number of nitro benzene ring substituents is 1. The molecule has 10 heteroatoms. The number of nitrogens with zero attached hydrogens (tertiary/aromatic N) is 1. The Balaban J connectivity index is 1.58. The van der Waals surface area contributed by atoms with Crippen molar-refractivity contribution < 1.29 is 33.8 Å². The molecule has 2 aromatic rings. The van der Waals surface area contributed by atoms with Crippen LogP contribution < -0.4 is 14.8 Å². The molecule has 2 N–H and O–H groups in total. The van der Waals surface area contributed by atoms with Gasteiger partial charge in [0.05, 0.1) is 31.4 Å². The number of carbonyl (C=O) groups is 1. The maximum atomic E-state index is 10.6. The average molecular weight is 406 g/mol. The molecule has 0 atom stereocenters. The van der Waals surface area contributed by atoms with Crippen molar-refractivity contribution in [3.8, 4) is 17.2 Å². The highest BCUT2D eigenvalue weighted by atomic mass is 16.6. The Kier molecular flexibility index (Phi) is 9.19. The number of hydrogen-bond donors (Lipinski definition) is 2. The first-order chi connectivity index (χ1) is 14.0. The van der Waals surface area contributed by atoms with Crippen LogP contribution in [0.4, 0.5) is 10.5 Å². The smallest absolute Gasteiger partial charge is 0.404 e. The number of nitro groups is 1. The van der Waals surface area contributed by atoms with Crippen LogP contribution in [0, 0.1) is 10.1 Å². The Morgan fingerprint density at radius 3 is 1.97 bits per heavy atom. The van der Waals surface area contributed by atoms with Gasteiger partial charge in [-0.25, -0.2) is 4.79 Å². The van der Waals surface area contributed by atoms with Crippen molar-refractivity contribution >= 4 is 11.8 Å². The van der Waals surface area contributed by atoms with Crippen molar-refractivity contribution in [2.45, 2.75) is 0 Å². The molecule has 10 nitrogen and oxygen atoms in total. The Bertz CT molecular complexity index is 765. The van der Waals surface area contributed by atoms with Crippen molar-refractivity contribution in [3.05, 3.63) is 58.6 Å². The van der Waals surface area contributed by atoms with Crippen molar-refractivity contribution in [1.82, 2.24) is 5.32 Å². The van der Waals surface area contributed by atoms with Gasteiger partial charge >= 0.3 is 6.09 Å². The summed E-state index contributed by atoms with van der Waals surface area (Å²) in [4.78, 5) is 20.4. The van der Waals surface area contributed by atoms with Crippen LogP contribution in [0.2, 0.25) is 0 Å². The lowest BCUT2D eigenvalue weighted by Crippen LogP contribution is -2.25. The van der Waals surface area contributed by atoms with E-state index >= 15 is 0 Å². The molecule has 1 amide bonds. The van der Waals surface area contributed by atoms with E-state index in [0.29, 0.717) is 50.3 Å². The van der Waals surface area contributed by atoms with Crippen molar-refractivity contribution in [2.75, 3.05) is 39.6 Å². The molecule has 2 rings (SSSR count). The summed E-state index contributed by atoms with van der Waals surface area (Å²) in [6.07, 6.45) is -1.08. The molecule has 0 fully saturated rings. The van der Waals surface area contributed by atoms with E-state index in [1.165, 1.54) is 24.3 Å². The van der Waals surface area contributed by atoms with Crippen LogP contribution in [0.5, 0.6) is 17.2 Å². The van der Waals surface area contributed by atoms with Gasteiger partial charge in [0.1, 0.15) is 23.9 Å². The van der Waals surface area contributed by atoms with Crippen LogP contribution in [-0.2, 0) is 9.47 Å². The molecule has 0 aliphatic rings. The normalized spacial score (nSPS) is 10.3. The van der Waals surface area contributed by atoms with Gasteiger partial charge in [-0.3, -0.25) is 10.1 Å². The highest BCUT2D eigenvalue weighted by Gasteiger charge is 2.05. The van der Waals surface area contributed by atoms with Gasteiger partial charge in [-0.05, 0) is 36.4 Å². The Morgan fingerprint density at radius 2 is 1.38 bits per heavy atom. The Hall–Kier alpha value is -3.37. The van der Waals surface area contributed by atoms with Crippen molar-refractivity contribution in [2.24, 2.45) is 0 Å². The molecule has 156 valence electrons. The third-order valence-electron chi connectivity index (χ3n) is 3.50. The summed E-state index contributed by atoms with van der Waals surface area (Å²) < 4.78 is 21.7. The number of hydrogen-bond acceptors (Lipinski definition) is 7. The minimum Gasteiger partial charge on any atom is -0.491 e. The molecule has 0 spiro atoms. The van der Waals surface area contributed by atoms with E-state index in [9.17, 15) is 14.9 Å². The minimum absolute atomic E-state index is 0.00470. The van der Waals surface area contributed by atoms with Gasteiger partial charge in [-0.15, -0.1) is 0 Å². The summed E-state index contributed by atoms with van der Waals surface area (Å²) >= 11 is 0. The molecule has 29 heavy (non-hydrogen) atoms. The maximum absolute atomic E-state index is 10.6. The van der Waals surface area contributed by atoms with Gasteiger partial charge in [-0.2, -0.15) is 0 Å².